The summed E-state index contributed by atoms with van der Waals surface area (Å²) in [5, 5.41) is 0. The molecule has 0 N–H and O–H groups in total. The summed E-state index contributed by atoms with van der Waals surface area (Å²) in [6.07, 6.45) is 4.10. The molecule has 0 atom stereocenters. The third kappa shape index (κ3) is 8.62. The molecule has 0 fully saturated rings. The highest BCUT2D eigenvalue weighted by Gasteiger charge is 2.04. The molecule has 0 aromatic heterocycles. The molecule has 2 rings (SSSR count). The first-order valence-electron chi connectivity index (χ1n) is 9.62. The van der Waals surface area contributed by atoms with E-state index in [-0.39, 0.29) is 5.41 Å². The Balaban J connectivity index is 1.89. The number of hydrogen-bond acceptors (Lipinski definition) is 2. The summed E-state index contributed by atoms with van der Waals surface area (Å²) < 4.78 is 5.94. The van der Waals surface area contributed by atoms with Crippen molar-refractivity contribution >= 4 is 0 Å². The molecule has 0 aliphatic carbocycles. The minimum Gasteiger partial charge on any atom is -0.489 e. The van der Waals surface area contributed by atoms with Gasteiger partial charge in [0.1, 0.15) is 12.4 Å². The van der Waals surface area contributed by atoms with Gasteiger partial charge in [0.15, 0.2) is 0 Å². The molecule has 0 heterocycles. The van der Waals surface area contributed by atoms with Crippen LogP contribution in [0.15, 0.2) is 66.7 Å². The summed E-state index contributed by atoms with van der Waals surface area (Å²) in [6, 6.07) is 18.6. The van der Waals surface area contributed by atoms with E-state index in [2.05, 4.69) is 80.8 Å². The van der Waals surface area contributed by atoms with Crippen molar-refractivity contribution in [2.45, 2.75) is 40.8 Å². The van der Waals surface area contributed by atoms with Gasteiger partial charge in [-0.15, -0.1) is 0 Å². The molecular weight excluding hydrogens is 330 g/mol. The van der Waals surface area contributed by atoms with Gasteiger partial charge in [-0.05, 0) is 56.7 Å². The molecule has 0 saturated heterocycles. The minimum absolute atomic E-state index is 0.0506. The lowest BCUT2D eigenvalue weighted by atomic mass is 9.98. The quantitative estimate of drug-likeness (QED) is 0.560. The normalized spacial score (nSPS) is 11.4. The molecule has 0 radical (unpaired) electrons. The van der Waals surface area contributed by atoms with Gasteiger partial charge in [0.05, 0.1) is 0 Å². The Bertz CT molecular complexity index is 775. The summed E-state index contributed by atoms with van der Waals surface area (Å²) >= 11 is 0. The van der Waals surface area contributed by atoms with Crippen LogP contribution >= 0.6 is 0 Å². The van der Waals surface area contributed by atoms with E-state index < -0.39 is 0 Å². The van der Waals surface area contributed by atoms with Gasteiger partial charge in [0.2, 0.25) is 0 Å². The van der Waals surface area contributed by atoms with Gasteiger partial charge >= 0.3 is 0 Å². The van der Waals surface area contributed by atoms with Crippen LogP contribution in [0.3, 0.4) is 0 Å². The third-order valence-electron chi connectivity index (χ3n) is 4.01. The monoisotopic (exact) mass is 361 g/mol. The molecular formula is C25H31NO. The zero-order valence-corrected chi connectivity index (χ0v) is 17.0. The number of hydrogen-bond donors (Lipinski definition) is 0. The van der Waals surface area contributed by atoms with Crippen molar-refractivity contribution in [1.29, 1.82) is 0 Å². The summed E-state index contributed by atoms with van der Waals surface area (Å²) in [5.74, 6) is 7.28. The maximum Gasteiger partial charge on any atom is 0.120 e. The summed E-state index contributed by atoms with van der Waals surface area (Å²) in [4.78, 5) is 2.38. The topological polar surface area (TPSA) is 12.5 Å². The van der Waals surface area contributed by atoms with Crippen LogP contribution in [-0.4, -0.2) is 18.0 Å². The lowest BCUT2D eigenvalue weighted by Crippen LogP contribution is -2.22. The highest BCUT2D eigenvalue weighted by molar-refractivity contribution is 5.29. The Morgan fingerprint density at radius 3 is 2.44 bits per heavy atom. The fourth-order valence-electron chi connectivity index (χ4n) is 2.56. The standard InChI is InChI=1S/C25H31NO/c1-5-26(18-11-7-10-17-25(2,3)4)20-23-15-12-16-24(19-23)27-21-22-13-8-6-9-14-22/h6-9,11-16,19H,5,18,20-21H2,1-4H3. The number of benzene rings is 2. The van der Waals surface area contributed by atoms with Gasteiger partial charge in [-0.2, -0.15) is 0 Å². The van der Waals surface area contributed by atoms with Crippen molar-refractivity contribution < 1.29 is 4.74 Å². The fourth-order valence-corrected chi connectivity index (χ4v) is 2.56. The van der Waals surface area contributed by atoms with E-state index in [4.69, 9.17) is 4.74 Å². The average molecular weight is 362 g/mol. The van der Waals surface area contributed by atoms with Crippen molar-refractivity contribution in [2.75, 3.05) is 13.1 Å². The van der Waals surface area contributed by atoms with Gasteiger partial charge in [0, 0.05) is 18.5 Å². The maximum atomic E-state index is 5.94. The van der Waals surface area contributed by atoms with Crippen molar-refractivity contribution in [3.05, 3.63) is 77.9 Å². The predicted octanol–water partition coefficient (Wildman–Crippen LogP) is 5.69. The molecule has 2 aromatic rings. The van der Waals surface area contributed by atoms with E-state index in [1.54, 1.807) is 0 Å². The Labute approximate surface area is 164 Å². The Hall–Kier alpha value is -2.50. The second-order valence-electron chi connectivity index (χ2n) is 7.67. The Morgan fingerprint density at radius 1 is 1.00 bits per heavy atom. The van der Waals surface area contributed by atoms with Gasteiger partial charge in [-0.3, -0.25) is 4.90 Å². The molecule has 2 nitrogen and oxygen atoms in total. The van der Waals surface area contributed by atoms with Crippen molar-refractivity contribution in [3.63, 3.8) is 0 Å². The highest BCUT2D eigenvalue weighted by atomic mass is 16.5. The van der Waals surface area contributed by atoms with E-state index >= 15 is 0 Å². The molecule has 0 amide bonds. The van der Waals surface area contributed by atoms with Crippen LogP contribution in [0, 0.1) is 17.3 Å². The number of allylic oxidation sites excluding steroid dienone is 1. The van der Waals surface area contributed by atoms with E-state index in [0.29, 0.717) is 6.61 Å². The second-order valence-corrected chi connectivity index (χ2v) is 7.67. The van der Waals surface area contributed by atoms with Gasteiger partial charge in [-0.1, -0.05) is 67.3 Å². The molecule has 2 heteroatoms. The van der Waals surface area contributed by atoms with Crippen LogP contribution < -0.4 is 4.74 Å². The van der Waals surface area contributed by atoms with E-state index in [1.165, 1.54) is 11.1 Å². The second kappa shape index (κ2) is 10.6. The van der Waals surface area contributed by atoms with Crippen molar-refractivity contribution in [2.24, 2.45) is 5.41 Å². The smallest absolute Gasteiger partial charge is 0.120 e. The van der Waals surface area contributed by atoms with Crippen LogP contribution in [-0.2, 0) is 13.2 Å². The molecule has 27 heavy (non-hydrogen) atoms. The summed E-state index contributed by atoms with van der Waals surface area (Å²) in [6.45, 7) is 11.9. The number of likely N-dealkylation sites (N-methyl/N-ethyl adjacent to an activating group) is 1. The largest absolute Gasteiger partial charge is 0.489 e. The molecule has 0 aliphatic heterocycles. The zero-order chi connectivity index (χ0) is 19.5. The van der Waals surface area contributed by atoms with E-state index in [9.17, 15) is 0 Å². The lowest BCUT2D eigenvalue weighted by Gasteiger charge is -2.19. The van der Waals surface area contributed by atoms with Gasteiger partial charge < -0.3 is 4.74 Å². The molecule has 0 spiro atoms. The minimum atomic E-state index is 0.0506. The molecule has 2 aromatic carbocycles. The summed E-state index contributed by atoms with van der Waals surface area (Å²) in [7, 11) is 0. The molecule has 0 unspecified atom stereocenters. The first-order chi connectivity index (χ1) is 13.0. The van der Waals surface area contributed by atoms with E-state index in [1.807, 2.05) is 30.3 Å². The van der Waals surface area contributed by atoms with Crippen LogP contribution in [0.4, 0.5) is 0 Å². The Kier molecular flexibility index (Phi) is 8.17. The number of nitrogens with zero attached hydrogens (tertiary/aromatic N) is 1. The van der Waals surface area contributed by atoms with E-state index in [0.717, 1.165) is 25.4 Å². The van der Waals surface area contributed by atoms with Crippen LogP contribution in [0.5, 0.6) is 5.75 Å². The molecule has 0 saturated carbocycles. The van der Waals surface area contributed by atoms with Crippen molar-refractivity contribution in [1.82, 2.24) is 4.90 Å². The van der Waals surface area contributed by atoms with Gasteiger partial charge in [0.25, 0.3) is 0 Å². The van der Waals surface area contributed by atoms with Crippen molar-refractivity contribution in [3.8, 4) is 17.6 Å². The van der Waals surface area contributed by atoms with Gasteiger partial charge in [-0.25, -0.2) is 0 Å². The highest BCUT2D eigenvalue weighted by Crippen LogP contribution is 2.16. The van der Waals surface area contributed by atoms with Crippen LogP contribution in [0.25, 0.3) is 0 Å². The first-order valence-corrected chi connectivity index (χ1v) is 9.62. The first kappa shape index (κ1) is 20.8. The Morgan fingerprint density at radius 2 is 1.74 bits per heavy atom. The number of ether oxygens (including phenoxy) is 1. The molecule has 142 valence electrons. The summed E-state index contributed by atoms with van der Waals surface area (Å²) in [5.41, 5.74) is 2.49. The van der Waals surface area contributed by atoms with Crippen LogP contribution in [0.2, 0.25) is 0 Å². The fraction of sp³-hybridized carbons (Fsp3) is 0.360. The SMILES string of the molecule is CCN(CC=CC#CC(C)(C)C)Cc1cccc(OCc2ccccc2)c1. The maximum absolute atomic E-state index is 5.94. The number of rotatable bonds is 8. The lowest BCUT2D eigenvalue weighted by molar-refractivity contribution is 0.299. The third-order valence-corrected chi connectivity index (χ3v) is 4.01. The molecule has 0 aliphatic rings. The average Bonchev–Trinajstić information content (AvgIpc) is 2.65. The molecule has 0 bridgehead atoms. The predicted molar refractivity (Wildman–Crippen MR) is 115 cm³/mol. The van der Waals surface area contributed by atoms with Crippen LogP contribution in [0.1, 0.15) is 38.8 Å². The zero-order valence-electron chi connectivity index (χ0n) is 17.0.